The van der Waals surface area contributed by atoms with Gasteiger partial charge in [0.1, 0.15) is 22.2 Å². The number of furan rings is 1. The summed E-state index contributed by atoms with van der Waals surface area (Å²) in [4.78, 5) is 18.0. The highest BCUT2D eigenvalue weighted by atomic mass is 32.2. The second-order valence-electron chi connectivity index (χ2n) is 10.1. The summed E-state index contributed by atoms with van der Waals surface area (Å²) in [5.41, 5.74) is 5.73. The first-order valence-corrected chi connectivity index (χ1v) is 15.7. The summed E-state index contributed by atoms with van der Waals surface area (Å²) in [6.07, 6.45) is 1.13. The molecule has 0 aliphatic rings. The summed E-state index contributed by atoms with van der Waals surface area (Å²) in [6.45, 7) is 2.03. The number of carbonyl (C=O) groups is 1. The van der Waals surface area contributed by atoms with Crippen LogP contribution in [0, 0.1) is 12.7 Å². The molecule has 0 aliphatic heterocycles. The minimum absolute atomic E-state index is 0.257. The van der Waals surface area contributed by atoms with Crippen LogP contribution >= 0.6 is 11.3 Å². The Morgan fingerprint density at radius 2 is 1.71 bits per heavy atom. The molecule has 2 heterocycles. The van der Waals surface area contributed by atoms with Gasteiger partial charge in [0.25, 0.3) is 5.91 Å². The van der Waals surface area contributed by atoms with Crippen molar-refractivity contribution >= 4 is 54.1 Å². The van der Waals surface area contributed by atoms with Crippen molar-refractivity contribution < 1.29 is 22.0 Å². The number of benzene rings is 4. The normalized spacial score (nSPS) is 11.7. The minimum Gasteiger partial charge on any atom is -0.455 e. The monoisotopic (exact) mass is 599 g/mol. The molecule has 0 spiro atoms. The maximum Gasteiger partial charge on any atom is 0.255 e. The first-order valence-electron chi connectivity index (χ1n) is 13.0. The van der Waals surface area contributed by atoms with Crippen molar-refractivity contribution in [2.45, 2.75) is 6.92 Å². The summed E-state index contributed by atoms with van der Waals surface area (Å²) in [5, 5.41) is 4.00. The van der Waals surface area contributed by atoms with Crippen molar-refractivity contribution in [3.8, 4) is 33.0 Å². The number of sulfonamides is 1. The van der Waals surface area contributed by atoms with E-state index in [0.717, 1.165) is 38.2 Å². The molecule has 4 aromatic carbocycles. The fourth-order valence-corrected chi connectivity index (χ4v) is 6.39. The van der Waals surface area contributed by atoms with Crippen molar-refractivity contribution in [3.63, 3.8) is 0 Å². The van der Waals surface area contributed by atoms with E-state index in [4.69, 9.17) is 9.40 Å². The Bertz CT molecular complexity index is 2120. The zero-order valence-electron chi connectivity index (χ0n) is 23.2. The number of fused-ring (bicyclic) bond motifs is 2. The Labute approximate surface area is 246 Å². The number of aromatic nitrogens is 1. The van der Waals surface area contributed by atoms with Crippen LogP contribution in [0.3, 0.4) is 0 Å². The fourth-order valence-electron chi connectivity index (χ4n) is 4.94. The topological polar surface area (TPSA) is 92.5 Å². The molecule has 0 saturated carbocycles. The van der Waals surface area contributed by atoms with Crippen LogP contribution in [0.15, 0.2) is 83.3 Å². The van der Waals surface area contributed by atoms with Gasteiger partial charge in [0, 0.05) is 42.2 Å². The van der Waals surface area contributed by atoms with Crippen LogP contribution in [-0.2, 0) is 10.0 Å². The van der Waals surface area contributed by atoms with Crippen LogP contribution < -0.4 is 9.62 Å². The van der Waals surface area contributed by atoms with Gasteiger partial charge in [0.05, 0.1) is 27.7 Å². The number of nitrogens with zero attached hydrogens (tertiary/aromatic N) is 2. The predicted octanol–water partition coefficient (Wildman–Crippen LogP) is 7.25. The smallest absolute Gasteiger partial charge is 0.255 e. The number of aryl methyl sites for hydroxylation is 1. The molecule has 1 amide bonds. The number of hydrogen-bond donors (Lipinski definition) is 1. The van der Waals surface area contributed by atoms with Crippen LogP contribution in [-0.4, -0.2) is 39.7 Å². The van der Waals surface area contributed by atoms with Gasteiger partial charge in [-0.25, -0.2) is 17.8 Å². The van der Waals surface area contributed by atoms with Crippen LogP contribution in [0.1, 0.15) is 15.9 Å². The van der Waals surface area contributed by atoms with Crippen molar-refractivity contribution in [2.24, 2.45) is 0 Å². The van der Waals surface area contributed by atoms with E-state index in [1.807, 2.05) is 37.3 Å². The second-order valence-corrected chi connectivity index (χ2v) is 13.1. The van der Waals surface area contributed by atoms with E-state index in [0.29, 0.717) is 27.8 Å². The zero-order chi connectivity index (χ0) is 29.8. The van der Waals surface area contributed by atoms with E-state index in [-0.39, 0.29) is 17.2 Å². The summed E-state index contributed by atoms with van der Waals surface area (Å²) in [7, 11) is -0.665. The third-order valence-electron chi connectivity index (χ3n) is 7.17. The molecule has 0 aliphatic carbocycles. The summed E-state index contributed by atoms with van der Waals surface area (Å²) in [5.74, 6) is -0.548. The fraction of sp³-hybridized carbons (Fsp3) is 0.125. The molecule has 0 atom stereocenters. The lowest BCUT2D eigenvalue weighted by Crippen LogP contribution is -2.25. The van der Waals surface area contributed by atoms with Gasteiger partial charge in [0.15, 0.2) is 0 Å². The summed E-state index contributed by atoms with van der Waals surface area (Å²) < 4.78 is 47.6. The molecule has 0 fully saturated rings. The lowest BCUT2D eigenvalue weighted by atomic mass is 9.97. The number of hydrogen-bond acceptors (Lipinski definition) is 6. The zero-order valence-corrected chi connectivity index (χ0v) is 24.9. The average Bonchev–Trinajstić information content (AvgIpc) is 3.56. The van der Waals surface area contributed by atoms with E-state index < -0.39 is 15.8 Å². The van der Waals surface area contributed by atoms with Crippen LogP contribution in [0.2, 0.25) is 0 Å². The maximum atomic E-state index is 13.7. The van der Waals surface area contributed by atoms with Crippen molar-refractivity contribution in [1.82, 2.24) is 10.3 Å². The maximum absolute atomic E-state index is 13.7. The van der Waals surface area contributed by atoms with Crippen LogP contribution in [0.4, 0.5) is 10.1 Å². The molecule has 6 aromatic rings. The summed E-state index contributed by atoms with van der Waals surface area (Å²) in [6, 6.07) is 22.9. The lowest BCUT2D eigenvalue weighted by Gasteiger charge is -2.21. The van der Waals surface area contributed by atoms with E-state index in [1.165, 1.54) is 42.7 Å². The highest BCUT2D eigenvalue weighted by Gasteiger charge is 2.26. The van der Waals surface area contributed by atoms with Crippen LogP contribution in [0.25, 0.3) is 54.2 Å². The molecular weight excluding hydrogens is 574 g/mol. The van der Waals surface area contributed by atoms with E-state index in [9.17, 15) is 17.6 Å². The molecule has 0 saturated heterocycles. The molecule has 0 bridgehead atoms. The molecule has 0 radical (unpaired) electrons. The Morgan fingerprint density at radius 1 is 0.976 bits per heavy atom. The first kappa shape index (κ1) is 27.6. The van der Waals surface area contributed by atoms with Gasteiger partial charge >= 0.3 is 0 Å². The van der Waals surface area contributed by atoms with E-state index in [1.54, 1.807) is 23.5 Å². The van der Waals surface area contributed by atoms with Gasteiger partial charge in [-0.15, -0.1) is 11.3 Å². The molecular formula is C32H26FN3O4S2. The molecule has 0 unspecified atom stereocenters. The predicted molar refractivity (Wildman–Crippen MR) is 167 cm³/mol. The molecule has 2 aromatic heterocycles. The SMILES string of the molecule is CNC(=O)c1c(-c2ccc(F)cc2)oc2cc(N(C)S(C)(=O)=O)c(-c3cccc(-c4nc5cc(C)ccc5s4)c3)cc12. The van der Waals surface area contributed by atoms with Gasteiger partial charge < -0.3 is 9.73 Å². The summed E-state index contributed by atoms with van der Waals surface area (Å²) >= 11 is 1.58. The van der Waals surface area contributed by atoms with Gasteiger partial charge in [-0.1, -0.05) is 24.3 Å². The van der Waals surface area contributed by atoms with E-state index in [2.05, 4.69) is 17.4 Å². The Hall–Kier alpha value is -4.54. The Morgan fingerprint density at radius 3 is 2.43 bits per heavy atom. The van der Waals surface area contributed by atoms with Crippen molar-refractivity contribution in [2.75, 3.05) is 24.7 Å². The van der Waals surface area contributed by atoms with Gasteiger partial charge in [-0.05, 0) is 66.6 Å². The second kappa shape index (κ2) is 10.4. The quantitative estimate of drug-likeness (QED) is 0.218. The molecule has 6 rings (SSSR count). The first-order chi connectivity index (χ1) is 20.0. The minimum atomic E-state index is -3.66. The number of amides is 1. The highest BCUT2D eigenvalue weighted by molar-refractivity contribution is 7.92. The lowest BCUT2D eigenvalue weighted by molar-refractivity contribution is 0.0964. The van der Waals surface area contributed by atoms with Gasteiger partial charge in [-0.3, -0.25) is 9.10 Å². The highest BCUT2D eigenvalue weighted by Crippen LogP contribution is 2.42. The van der Waals surface area contributed by atoms with E-state index >= 15 is 0 Å². The molecule has 212 valence electrons. The number of nitrogens with one attached hydrogen (secondary N) is 1. The molecule has 42 heavy (non-hydrogen) atoms. The Balaban J connectivity index is 1.60. The number of carbonyl (C=O) groups excluding carboxylic acids is 1. The molecule has 7 nitrogen and oxygen atoms in total. The van der Waals surface area contributed by atoms with Gasteiger partial charge in [0.2, 0.25) is 10.0 Å². The van der Waals surface area contributed by atoms with Crippen molar-refractivity contribution in [3.05, 3.63) is 95.8 Å². The number of thiazole rings is 1. The average molecular weight is 600 g/mol. The number of rotatable bonds is 6. The third-order valence-corrected chi connectivity index (χ3v) is 9.44. The largest absolute Gasteiger partial charge is 0.455 e. The molecule has 10 heteroatoms. The van der Waals surface area contributed by atoms with Crippen molar-refractivity contribution in [1.29, 1.82) is 0 Å². The van der Waals surface area contributed by atoms with Crippen LogP contribution in [0.5, 0.6) is 0 Å². The van der Waals surface area contributed by atoms with Gasteiger partial charge in [-0.2, -0.15) is 0 Å². The number of anilines is 1. The Kier molecular flexibility index (Phi) is 6.83. The molecule has 1 N–H and O–H groups in total. The standard InChI is InChI=1S/C32H26FN3O4S2/c1-18-8-13-28-25(14-18)35-32(41-28)21-7-5-6-20(15-21)23-16-24-27(17-26(23)36(3)42(4,38)39)40-30(29(24)31(37)34-2)19-9-11-22(33)12-10-19/h5-17H,1-4H3,(H,34,37). The number of halogens is 1. The third kappa shape index (κ3) is 4.93.